The molecule has 0 aliphatic heterocycles. The number of guanidine groups is 1. The van der Waals surface area contributed by atoms with Crippen molar-refractivity contribution in [2.75, 3.05) is 4.90 Å². The third-order valence-electron chi connectivity index (χ3n) is 2.34. The number of nitrogens with one attached hydrogen (secondary N) is 1. The van der Waals surface area contributed by atoms with Crippen LogP contribution >= 0.6 is 0 Å². The average molecular weight is 270 g/mol. The Bertz CT molecular complexity index is 580. The Morgan fingerprint density at radius 1 is 1.26 bits per heavy atom. The van der Waals surface area contributed by atoms with Gasteiger partial charge in [0.15, 0.2) is 5.96 Å². The second kappa shape index (κ2) is 4.63. The van der Waals surface area contributed by atoms with Crippen LogP contribution in [0.1, 0.15) is 5.56 Å². The van der Waals surface area contributed by atoms with E-state index < -0.39 is 17.7 Å². The summed E-state index contributed by atoms with van der Waals surface area (Å²) in [6.45, 7) is 0. The normalized spacial score (nSPS) is 11.3. The highest BCUT2D eigenvalue weighted by Crippen LogP contribution is 2.38. The lowest BCUT2D eigenvalue weighted by Gasteiger charge is -2.22. The Morgan fingerprint density at radius 3 is 2.47 bits per heavy atom. The molecular weight excluding hydrogens is 261 g/mol. The summed E-state index contributed by atoms with van der Waals surface area (Å²) in [6, 6.07) is 6.09. The van der Waals surface area contributed by atoms with E-state index in [1.807, 2.05) is 0 Å². The van der Waals surface area contributed by atoms with Crippen LogP contribution in [0.15, 0.2) is 41.1 Å². The van der Waals surface area contributed by atoms with E-state index in [0.717, 1.165) is 11.0 Å². The predicted octanol–water partition coefficient (Wildman–Crippen LogP) is 2.72. The molecule has 0 radical (unpaired) electrons. The van der Waals surface area contributed by atoms with E-state index in [-0.39, 0.29) is 11.6 Å². The minimum Gasteiger partial charge on any atom is -0.369 e. The molecule has 0 aliphatic rings. The minimum absolute atomic E-state index is 0.0656. The van der Waals surface area contributed by atoms with Gasteiger partial charge in [0.1, 0.15) is 0 Å². The van der Waals surface area contributed by atoms with Gasteiger partial charge in [-0.1, -0.05) is 17.3 Å². The Morgan fingerprint density at radius 2 is 1.95 bits per heavy atom. The third kappa shape index (κ3) is 2.51. The molecule has 5 nitrogen and oxygen atoms in total. The van der Waals surface area contributed by atoms with E-state index in [1.54, 1.807) is 0 Å². The summed E-state index contributed by atoms with van der Waals surface area (Å²) in [5.74, 6) is -0.669. The number of halogens is 3. The summed E-state index contributed by atoms with van der Waals surface area (Å²) in [4.78, 5) is 0.829. The highest BCUT2D eigenvalue weighted by atomic mass is 19.4. The summed E-state index contributed by atoms with van der Waals surface area (Å²) in [7, 11) is 0. The Kier molecular flexibility index (Phi) is 3.16. The van der Waals surface area contributed by atoms with Gasteiger partial charge in [0.25, 0.3) is 0 Å². The standard InChI is InChI=1S/C11H9F3N4O/c12-11(13,14)7-3-1-2-4-8(7)18(10(15)16)9-5-6-17-19-9/h1-6H,(H3,15,16). The van der Waals surface area contributed by atoms with Gasteiger partial charge in [0, 0.05) is 6.07 Å². The van der Waals surface area contributed by atoms with E-state index in [4.69, 9.17) is 15.7 Å². The minimum atomic E-state index is -4.57. The molecular formula is C11H9F3N4O. The number of aromatic nitrogens is 1. The zero-order valence-electron chi connectivity index (χ0n) is 9.48. The van der Waals surface area contributed by atoms with E-state index >= 15 is 0 Å². The number of nitrogens with zero attached hydrogens (tertiary/aromatic N) is 2. The fourth-order valence-electron chi connectivity index (χ4n) is 1.60. The number of para-hydroxylation sites is 1. The molecule has 3 N–H and O–H groups in total. The first-order chi connectivity index (χ1) is 8.91. The molecule has 0 aliphatic carbocycles. The molecule has 0 atom stereocenters. The average Bonchev–Trinajstić information content (AvgIpc) is 2.81. The highest BCUT2D eigenvalue weighted by Gasteiger charge is 2.36. The van der Waals surface area contributed by atoms with E-state index in [0.29, 0.717) is 0 Å². The van der Waals surface area contributed by atoms with Crippen molar-refractivity contribution in [1.29, 1.82) is 5.41 Å². The van der Waals surface area contributed by atoms with E-state index in [1.165, 1.54) is 30.5 Å². The molecule has 1 aromatic heterocycles. The van der Waals surface area contributed by atoms with Crippen LogP contribution < -0.4 is 10.6 Å². The lowest BCUT2D eigenvalue weighted by molar-refractivity contribution is -0.137. The van der Waals surface area contributed by atoms with Gasteiger partial charge in [-0.2, -0.15) is 13.2 Å². The summed E-state index contributed by atoms with van der Waals surface area (Å²) < 4.78 is 43.6. The van der Waals surface area contributed by atoms with Gasteiger partial charge in [0.05, 0.1) is 17.4 Å². The summed E-state index contributed by atoms with van der Waals surface area (Å²) in [5.41, 5.74) is 4.12. The van der Waals surface area contributed by atoms with Gasteiger partial charge >= 0.3 is 6.18 Å². The molecule has 0 amide bonds. The molecule has 19 heavy (non-hydrogen) atoms. The zero-order chi connectivity index (χ0) is 14.0. The fourth-order valence-corrected chi connectivity index (χ4v) is 1.60. The molecule has 100 valence electrons. The molecule has 0 fully saturated rings. The molecule has 2 aromatic rings. The van der Waals surface area contributed by atoms with Crippen molar-refractivity contribution in [1.82, 2.24) is 5.16 Å². The van der Waals surface area contributed by atoms with Crippen LogP contribution in [0.4, 0.5) is 24.7 Å². The second-order valence-corrected chi connectivity index (χ2v) is 3.59. The number of anilines is 2. The molecule has 1 heterocycles. The van der Waals surface area contributed by atoms with Crippen LogP contribution in [-0.2, 0) is 6.18 Å². The first kappa shape index (κ1) is 12.9. The first-order valence-electron chi connectivity index (χ1n) is 5.12. The van der Waals surface area contributed by atoms with Crippen LogP contribution in [0.3, 0.4) is 0 Å². The monoisotopic (exact) mass is 270 g/mol. The third-order valence-corrected chi connectivity index (χ3v) is 2.34. The molecule has 0 saturated heterocycles. The smallest absolute Gasteiger partial charge is 0.369 e. The number of benzene rings is 1. The predicted molar refractivity (Wildman–Crippen MR) is 62.0 cm³/mol. The van der Waals surface area contributed by atoms with Gasteiger partial charge in [-0.25, -0.2) is 4.90 Å². The summed E-state index contributed by atoms with van der Waals surface area (Å²) in [6.07, 6.45) is -3.31. The second-order valence-electron chi connectivity index (χ2n) is 3.59. The van der Waals surface area contributed by atoms with Crippen molar-refractivity contribution in [2.24, 2.45) is 5.73 Å². The maximum atomic E-state index is 12.9. The first-order valence-corrected chi connectivity index (χ1v) is 5.12. The zero-order valence-corrected chi connectivity index (χ0v) is 9.48. The largest absolute Gasteiger partial charge is 0.418 e. The number of hydrogen-bond acceptors (Lipinski definition) is 3. The van der Waals surface area contributed by atoms with E-state index in [2.05, 4.69) is 5.16 Å². The summed E-state index contributed by atoms with van der Waals surface area (Å²) in [5, 5.41) is 10.8. The van der Waals surface area contributed by atoms with Gasteiger partial charge in [-0.15, -0.1) is 0 Å². The maximum Gasteiger partial charge on any atom is 0.418 e. The molecule has 8 heteroatoms. The molecule has 1 aromatic carbocycles. The van der Waals surface area contributed by atoms with Crippen molar-refractivity contribution in [3.63, 3.8) is 0 Å². The van der Waals surface area contributed by atoms with Crippen LogP contribution in [0.2, 0.25) is 0 Å². The number of nitrogens with two attached hydrogens (primary N) is 1. The molecule has 0 spiro atoms. The van der Waals surface area contributed by atoms with Gasteiger partial charge in [-0.05, 0) is 12.1 Å². The fraction of sp³-hybridized carbons (Fsp3) is 0.0909. The number of alkyl halides is 3. The van der Waals surface area contributed by atoms with Crippen molar-refractivity contribution < 1.29 is 17.7 Å². The van der Waals surface area contributed by atoms with Gasteiger partial charge in [-0.3, -0.25) is 5.41 Å². The van der Waals surface area contributed by atoms with Crippen LogP contribution in [0, 0.1) is 5.41 Å². The topological polar surface area (TPSA) is 79.1 Å². The molecule has 0 bridgehead atoms. The van der Waals surface area contributed by atoms with Crippen LogP contribution in [-0.4, -0.2) is 11.1 Å². The van der Waals surface area contributed by atoms with Gasteiger partial charge < -0.3 is 10.3 Å². The summed E-state index contributed by atoms with van der Waals surface area (Å²) >= 11 is 0. The van der Waals surface area contributed by atoms with Crippen molar-refractivity contribution in [2.45, 2.75) is 6.18 Å². The molecule has 0 saturated carbocycles. The van der Waals surface area contributed by atoms with Crippen molar-refractivity contribution in [3.8, 4) is 0 Å². The Balaban J connectivity index is 2.59. The number of rotatable bonds is 2. The van der Waals surface area contributed by atoms with Crippen molar-refractivity contribution >= 4 is 17.5 Å². The lowest BCUT2D eigenvalue weighted by atomic mass is 10.1. The molecule has 2 rings (SSSR count). The highest BCUT2D eigenvalue weighted by molar-refractivity contribution is 5.99. The quantitative estimate of drug-likeness (QED) is 0.649. The van der Waals surface area contributed by atoms with Gasteiger partial charge in [0.2, 0.25) is 5.88 Å². The maximum absolute atomic E-state index is 12.9. The van der Waals surface area contributed by atoms with Crippen molar-refractivity contribution in [3.05, 3.63) is 42.1 Å². The van der Waals surface area contributed by atoms with Crippen LogP contribution in [0.25, 0.3) is 0 Å². The number of hydrogen-bond donors (Lipinski definition) is 2. The Hall–Kier alpha value is -2.51. The lowest BCUT2D eigenvalue weighted by Crippen LogP contribution is -2.33. The SMILES string of the molecule is N=C(N)N(c1ccno1)c1ccccc1C(F)(F)F. The van der Waals surface area contributed by atoms with Crippen LogP contribution in [0.5, 0.6) is 0 Å². The van der Waals surface area contributed by atoms with E-state index in [9.17, 15) is 13.2 Å². The Labute approximate surface area is 105 Å². The molecule has 0 unspecified atom stereocenters.